The van der Waals surface area contributed by atoms with Gasteiger partial charge in [0.25, 0.3) is 5.91 Å². The Bertz CT molecular complexity index is 1050. The second-order valence-corrected chi connectivity index (χ2v) is 9.19. The van der Waals surface area contributed by atoms with Gasteiger partial charge in [0.15, 0.2) is 12.4 Å². The number of ether oxygens (including phenoxy) is 2. The molecule has 0 aromatic heterocycles. The predicted molar refractivity (Wildman–Crippen MR) is 120 cm³/mol. The second kappa shape index (κ2) is 8.03. The molecule has 2 heterocycles. The fraction of sp³-hybridized carbons (Fsp3) is 0.462. The van der Waals surface area contributed by atoms with Gasteiger partial charge in [-0.15, -0.1) is 0 Å². The SMILES string of the molecule is Cc1cc(C)c(C)c(OCC(=O)N2CCC3(CC2)CC(=O)c2cc(C)c(C)cc2O3)c1. The van der Waals surface area contributed by atoms with Gasteiger partial charge in [0.05, 0.1) is 12.0 Å². The standard InChI is InChI=1S/C26H31NO4/c1-16-10-19(4)20(5)23(11-16)30-15-25(29)27-8-6-26(7-9-27)14-22(28)21-12-17(2)18(3)13-24(21)31-26/h10-13H,6-9,14-15H2,1-5H3. The van der Waals surface area contributed by atoms with E-state index < -0.39 is 5.60 Å². The topological polar surface area (TPSA) is 55.8 Å². The minimum atomic E-state index is -0.506. The summed E-state index contributed by atoms with van der Waals surface area (Å²) in [5.74, 6) is 1.57. The quantitative estimate of drug-likeness (QED) is 0.725. The summed E-state index contributed by atoms with van der Waals surface area (Å²) in [6.45, 7) is 11.3. The van der Waals surface area contributed by atoms with Crippen LogP contribution in [0.2, 0.25) is 0 Å². The van der Waals surface area contributed by atoms with Crippen LogP contribution in [-0.4, -0.2) is 41.9 Å². The van der Waals surface area contributed by atoms with Crippen LogP contribution >= 0.6 is 0 Å². The third-order valence-corrected chi connectivity index (χ3v) is 6.85. The monoisotopic (exact) mass is 421 g/mol. The maximum absolute atomic E-state index is 12.8. The third kappa shape index (κ3) is 4.18. The molecule has 0 bridgehead atoms. The van der Waals surface area contributed by atoms with Crippen molar-refractivity contribution < 1.29 is 19.1 Å². The highest BCUT2D eigenvalue weighted by Crippen LogP contribution is 2.40. The number of carbonyl (C=O) groups is 2. The first-order valence-corrected chi connectivity index (χ1v) is 11.0. The molecule has 0 unspecified atom stereocenters. The van der Waals surface area contributed by atoms with Crippen LogP contribution in [0.1, 0.15) is 57.4 Å². The summed E-state index contributed by atoms with van der Waals surface area (Å²) in [5.41, 5.74) is 5.75. The average Bonchev–Trinajstić information content (AvgIpc) is 2.71. The number of carbonyl (C=O) groups excluding carboxylic acids is 2. The molecule has 2 aromatic rings. The van der Waals surface area contributed by atoms with Crippen LogP contribution < -0.4 is 9.47 Å². The smallest absolute Gasteiger partial charge is 0.260 e. The van der Waals surface area contributed by atoms with Crippen molar-refractivity contribution in [2.24, 2.45) is 0 Å². The molecule has 1 saturated heterocycles. The second-order valence-electron chi connectivity index (χ2n) is 9.19. The zero-order chi connectivity index (χ0) is 22.3. The van der Waals surface area contributed by atoms with E-state index in [1.807, 2.05) is 57.7 Å². The lowest BCUT2D eigenvalue weighted by atomic mass is 9.82. The van der Waals surface area contributed by atoms with E-state index >= 15 is 0 Å². The van der Waals surface area contributed by atoms with Crippen LogP contribution in [-0.2, 0) is 4.79 Å². The molecule has 0 N–H and O–H groups in total. The van der Waals surface area contributed by atoms with E-state index in [-0.39, 0.29) is 18.3 Å². The van der Waals surface area contributed by atoms with Crippen molar-refractivity contribution in [3.05, 3.63) is 57.6 Å². The molecule has 4 rings (SSSR count). The Kier molecular flexibility index (Phi) is 5.54. The molecule has 5 heteroatoms. The van der Waals surface area contributed by atoms with Gasteiger partial charge in [-0.1, -0.05) is 6.07 Å². The van der Waals surface area contributed by atoms with Gasteiger partial charge in [0.2, 0.25) is 0 Å². The van der Waals surface area contributed by atoms with Crippen LogP contribution in [0.15, 0.2) is 24.3 Å². The molecular weight excluding hydrogens is 390 g/mol. The maximum Gasteiger partial charge on any atom is 0.260 e. The first-order valence-electron chi connectivity index (χ1n) is 11.0. The highest BCUT2D eigenvalue weighted by molar-refractivity contribution is 6.00. The number of fused-ring (bicyclic) bond motifs is 1. The summed E-state index contributed by atoms with van der Waals surface area (Å²) in [6.07, 6.45) is 1.68. The van der Waals surface area contributed by atoms with Gasteiger partial charge in [0.1, 0.15) is 17.1 Å². The van der Waals surface area contributed by atoms with Gasteiger partial charge in [-0.3, -0.25) is 9.59 Å². The van der Waals surface area contributed by atoms with Gasteiger partial charge in [0, 0.05) is 25.9 Å². The molecular formula is C26H31NO4. The lowest BCUT2D eigenvalue weighted by Gasteiger charge is -2.44. The van der Waals surface area contributed by atoms with Crippen molar-refractivity contribution >= 4 is 11.7 Å². The normalized spacial score (nSPS) is 17.3. The molecule has 0 aliphatic carbocycles. The van der Waals surface area contributed by atoms with E-state index in [0.717, 1.165) is 33.6 Å². The summed E-state index contributed by atoms with van der Waals surface area (Å²) >= 11 is 0. The molecule has 2 aliphatic heterocycles. The number of amides is 1. The summed E-state index contributed by atoms with van der Waals surface area (Å²) in [4.78, 5) is 27.4. The van der Waals surface area contributed by atoms with E-state index in [9.17, 15) is 9.59 Å². The summed E-state index contributed by atoms with van der Waals surface area (Å²) in [7, 11) is 0. The summed E-state index contributed by atoms with van der Waals surface area (Å²) in [5, 5.41) is 0. The zero-order valence-electron chi connectivity index (χ0n) is 19.1. The van der Waals surface area contributed by atoms with Gasteiger partial charge < -0.3 is 14.4 Å². The Balaban J connectivity index is 1.39. The minimum absolute atomic E-state index is 0.0255. The number of hydrogen-bond acceptors (Lipinski definition) is 4. The van der Waals surface area contributed by atoms with Gasteiger partial charge in [-0.05, 0) is 80.6 Å². The fourth-order valence-electron chi connectivity index (χ4n) is 4.57. The molecule has 2 aromatic carbocycles. The van der Waals surface area contributed by atoms with E-state index in [2.05, 4.69) is 6.07 Å². The van der Waals surface area contributed by atoms with Crippen molar-refractivity contribution in [3.8, 4) is 11.5 Å². The number of aryl methyl sites for hydroxylation is 4. The number of piperidine rings is 1. The summed E-state index contributed by atoms with van der Waals surface area (Å²) in [6, 6.07) is 8.00. The van der Waals surface area contributed by atoms with Crippen LogP contribution in [0.4, 0.5) is 0 Å². The van der Waals surface area contributed by atoms with E-state index in [4.69, 9.17) is 9.47 Å². The number of Topliss-reactive ketones (excluding diaryl/α,β-unsaturated/α-hetero) is 1. The largest absolute Gasteiger partial charge is 0.486 e. The molecule has 0 atom stereocenters. The average molecular weight is 422 g/mol. The fourth-order valence-corrected chi connectivity index (χ4v) is 4.57. The van der Waals surface area contributed by atoms with Crippen LogP contribution in [0, 0.1) is 34.6 Å². The first kappa shape index (κ1) is 21.4. The molecule has 0 saturated carbocycles. The number of benzene rings is 2. The molecule has 1 spiro atoms. The molecule has 31 heavy (non-hydrogen) atoms. The number of hydrogen-bond donors (Lipinski definition) is 0. The van der Waals surface area contributed by atoms with E-state index in [1.165, 1.54) is 0 Å². The number of likely N-dealkylation sites (tertiary alicyclic amines) is 1. The van der Waals surface area contributed by atoms with Crippen LogP contribution in [0.3, 0.4) is 0 Å². The third-order valence-electron chi connectivity index (χ3n) is 6.85. The van der Waals surface area contributed by atoms with Crippen molar-refractivity contribution in [2.75, 3.05) is 19.7 Å². The molecule has 164 valence electrons. The van der Waals surface area contributed by atoms with Gasteiger partial charge >= 0.3 is 0 Å². The van der Waals surface area contributed by atoms with Crippen molar-refractivity contribution in [1.29, 1.82) is 0 Å². The van der Waals surface area contributed by atoms with Crippen LogP contribution in [0.25, 0.3) is 0 Å². The summed E-state index contributed by atoms with van der Waals surface area (Å²) < 4.78 is 12.2. The van der Waals surface area contributed by atoms with Gasteiger partial charge in [-0.25, -0.2) is 0 Å². The molecule has 1 fully saturated rings. The van der Waals surface area contributed by atoms with Crippen molar-refractivity contribution in [2.45, 2.75) is 59.5 Å². The Hall–Kier alpha value is -2.82. The maximum atomic E-state index is 12.8. The van der Waals surface area contributed by atoms with Crippen molar-refractivity contribution in [3.63, 3.8) is 0 Å². The Labute approximate surface area is 184 Å². The highest BCUT2D eigenvalue weighted by atomic mass is 16.5. The lowest BCUT2D eigenvalue weighted by molar-refractivity contribution is -0.136. The number of rotatable bonds is 3. The lowest BCUT2D eigenvalue weighted by Crippen LogP contribution is -2.53. The molecule has 1 amide bonds. The Morgan fingerprint density at radius 3 is 2.39 bits per heavy atom. The highest BCUT2D eigenvalue weighted by Gasteiger charge is 2.43. The van der Waals surface area contributed by atoms with E-state index in [1.54, 1.807) is 0 Å². The Morgan fingerprint density at radius 1 is 1.00 bits per heavy atom. The number of nitrogens with zero attached hydrogens (tertiary/aromatic N) is 1. The Morgan fingerprint density at radius 2 is 1.68 bits per heavy atom. The van der Waals surface area contributed by atoms with Crippen LogP contribution in [0.5, 0.6) is 11.5 Å². The minimum Gasteiger partial charge on any atom is -0.486 e. The molecule has 5 nitrogen and oxygen atoms in total. The van der Waals surface area contributed by atoms with Gasteiger partial charge in [-0.2, -0.15) is 0 Å². The molecule has 0 radical (unpaired) electrons. The van der Waals surface area contributed by atoms with E-state index in [0.29, 0.717) is 43.7 Å². The molecule has 2 aliphatic rings. The number of ketones is 1. The van der Waals surface area contributed by atoms with Crippen molar-refractivity contribution in [1.82, 2.24) is 4.90 Å². The zero-order valence-corrected chi connectivity index (χ0v) is 19.1. The first-order chi connectivity index (χ1) is 14.7. The predicted octanol–water partition coefficient (Wildman–Crippen LogP) is 4.63.